The van der Waals surface area contributed by atoms with E-state index in [1.54, 1.807) is 70.7 Å². The molecule has 0 aromatic heterocycles. The highest BCUT2D eigenvalue weighted by Crippen LogP contribution is 2.34. The second kappa shape index (κ2) is 44.0. The predicted octanol–water partition coefficient (Wildman–Crippen LogP) is 22.4. The van der Waals surface area contributed by atoms with E-state index < -0.39 is 208 Å². The van der Waals surface area contributed by atoms with Crippen molar-refractivity contribution in [2.75, 3.05) is 78.2 Å². The molecule has 6 fully saturated rings. The molecule has 0 bridgehead atoms. The van der Waals surface area contributed by atoms with Gasteiger partial charge in [-0.05, 0) is 207 Å². The predicted molar refractivity (Wildman–Crippen MR) is 482 cm³/mol. The van der Waals surface area contributed by atoms with E-state index in [-0.39, 0.29) is 97.4 Å². The Hall–Kier alpha value is -5.58. The molecule has 6 aromatic carbocycles. The molecule has 12 nitrogen and oxygen atoms in total. The number of morpholine rings is 6. The van der Waals surface area contributed by atoms with E-state index in [1.807, 2.05) is 102 Å². The molecule has 12 atom stereocenters. The minimum absolute atomic E-state index is 0.0581. The first-order chi connectivity index (χ1) is 70.6. The van der Waals surface area contributed by atoms with Crippen molar-refractivity contribution in [3.63, 3.8) is 0 Å². The second-order valence-electron chi connectivity index (χ2n) is 37.3. The van der Waals surface area contributed by atoms with Crippen LogP contribution in [0.5, 0.6) is 0 Å². The van der Waals surface area contributed by atoms with Gasteiger partial charge in [0.25, 0.3) is 0 Å². The fraction of sp³-hybridized carbons (Fsp3) is 0.647. The van der Waals surface area contributed by atoms with Gasteiger partial charge in [0.15, 0.2) is 0 Å². The molecule has 672 valence electrons. The molecule has 6 aliphatic heterocycles. The molecule has 0 spiro atoms. The monoisotopic (exact) mass is 1710 g/mol. The van der Waals surface area contributed by atoms with Crippen LogP contribution in [0.1, 0.15) is 328 Å². The van der Waals surface area contributed by atoms with Crippen LogP contribution >= 0.6 is 0 Å². The average Bonchev–Trinajstić information content (AvgIpc) is 0.671. The lowest BCUT2D eigenvalue weighted by atomic mass is 9.85. The summed E-state index contributed by atoms with van der Waals surface area (Å²) in [5, 5.41) is 0. The van der Waals surface area contributed by atoms with Crippen molar-refractivity contribution in [3.8, 4) is 0 Å². The lowest BCUT2D eigenvalue weighted by Crippen LogP contribution is -2.45. The largest absolute Gasteiger partial charge is 0.373 e. The quantitative estimate of drug-likeness (QED) is 0.110. The third-order valence-electron chi connectivity index (χ3n) is 18.9. The number of hydrogen-bond donors (Lipinski definition) is 0. The van der Waals surface area contributed by atoms with E-state index in [0.717, 1.165) is 57.2 Å². The Balaban J connectivity index is 0.000000259. The zero-order valence-electron chi connectivity index (χ0n) is 114. The number of benzene rings is 6. The summed E-state index contributed by atoms with van der Waals surface area (Å²) in [4.78, 5) is 6.24. The van der Waals surface area contributed by atoms with Gasteiger partial charge in [-0.2, -0.15) is 0 Å². The van der Waals surface area contributed by atoms with E-state index >= 15 is 0 Å². The maximum atomic E-state index is 14.9. The summed E-state index contributed by atoms with van der Waals surface area (Å²) in [5.41, 5.74) is -1.62. The number of nitrogens with zero attached hydrogens (tertiary/aromatic N) is 6. The van der Waals surface area contributed by atoms with Crippen LogP contribution in [0.25, 0.3) is 0 Å². The Morgan fingerprint density at radius 1 is 0.325 bits per heavy atom. The van der Waals surface area contributed by atoms with Crippen molar-refractivity contribution in [2.45, 2.75) is 352 Å². The van der Waals surface area contributed by atoms with Gasteiger partial charge in [-0.1, -0.05) is 203 Å². The van der Waals surface area contributed by atoms with Gasteiger partial charge in [-0.25, -0.2) is 26.3 Å². The summed E-state index contributed by atoms with van der Waals surface area (Å²) in [6, 6.07) is 13.8. The van der Waals surface area contributed by atoms with Crippen LogP contribution in [-0.2, 0) is 100 Å². The Labute approximate surface area is 777 Å². The van der Waals surface area contributed by atoms with E-state index in [1.165, 1.54) is 44.5 Å². The minimum Gasteiger partial charge on any atom is -0.373 e. The van der Waals surface area contributed by atoms with Crippen LogP contribution in [0, 0.1) is 34.9 Å². The molecule has 0 N–H and O–H groups in total. The van der Waals surface area contributed by atoms with Crippen molar-refractivity contribution in [1.29, 1.82) is 0 Å². The Morgan fingerprint density at radius 2 is 0.625 bits per heavy atom. The van der Waals surface area contributed by atoms with E-state index in [0.29, 0.717) is 66.8 Å². The highest BCUT2D eigenvalue weighted by atomic mass is 19.1. The average molecular weight is 1720 g/mol. The van der Waals surface area contributed by atoms with Crippen LogP contribution < -0.4 is 0 Å². The van der Waals surface area contributed by atoms with Crippen LogP contribution in [0.3, 0.4) is 0 Å². The van der Waals surface area contributed by atoms with E-state index in [9.17, 15) is 26.3 Å². The van der Waals surface area contributed by atoms with Crippen molar-refractivity contribution in [3.05, 3.63) is 211 Å². The van der Waals surface area contributed by atoms with Gasteiger partial charge in [0.2, 0.25) is 0 Å². The summed E-state index contributed by atoms with van der Waals surface area (Å²) in [6.45, 7) is 12.6. The SMILES string of the molecule is CC1CN(Cc2ccc(F)c(C(C)(C)C)c2)CC(C)O1.[2H]C([2H])([2H])C1([2H])OC([2H])(C)C([2H])([2H])N(Cc2ccc(F)c(C(C)(C)C)c2)C1([2H])[2H].[2H]C([2H])(c1ccc(F)c(C(C)(C)C)c1)N1C([2H])([2H])C([2H])(C)OC([2H])(C([2H])([2H])[2H])C1([2H])[2H].[2H]C([2H])(c1cccc(C(C)(C)C)c1F)N1CC(C)OC(C)C1.[2H]c1c([2H])c(C([2H])([2H])N2C([2H])([2H])C([2H])(C)OC([2H])(C([2H])([2H])[2H])C2([2H])[2H])c([2H])c(C(C)(C)C)c1F.[2H]c1c([2H])c(CN2CC(C)OC(C)C2)c([2H])c(C(C)(C)C)c1F. The molecule has 120 heavy (non-hydrogen) atoms. The fourth-order valence-electron chi connectivity index (χ4n) is 13.7. The molecule has 12 rings (SSSR count). The van der Waals surface area contributed by atoms with Crippen molar-refractivity contribution in [2.24, 2.45) is 0 Å². The second-order valence-corrected chi connectivity index (χ2v) is 37.3. The number of rotatable bonds is 12. The molecule has 0 aliphatic carbocycles. The van der Waals surface area contributed by atoms with Crippen LogP contribution in [0.4, 0.5) is 26.3 Å². The molecule has 0 saturated carbocycles. The first-order valence-corrected chi connectivity index (χ1v) is 40.6. The first-order valence-electron chi connectivity index (χ1n) is 60.1. The standard InChI is InChI=1S/6C17H26FNO/c5*1-12-9-19(10-13(2)20-12)11-14-6-7-16(18)15(8-14)17(3,4)5;1-12-9-19(10-13(2)20-12)11-14-7-6-8-15(16(14)18)17(3,4)5/h6*6-8,12-13H,9-11H2,1-5H3/i1D3,6D,7D,8D,9D2,10D2,11D2,12D,13D;1D3,9D2,10D2,11D2,12D,13D;1D3,9D2,10D2,12D,13D;6D,7D,8D;;11D2. The maximum Gasteiger partial charge on any atom is 0.131 e. The summed E-state index contributed by atoms with van der Waals surface area (Å²) in [6.07, 6.45) is -18.2. The Morgan fingerprint density at radius 3 is 1.00 bits per heavy atom. The molecular formula is C102H156F6N6O6. The molecule has 12 unspecified atom stereocenters. The van der Waals surface area contributed by atoms with Gasteiger partial charge >= 0.3 is 0 Å². The normalized spacial score (nSPS) is 36.5. The molecule has 6 heterocycles. The molecule has 6 aromatic rings. The third-order valence-corrected chi connectivity index (χ3v) is 18.9. The molecule has 6 saturated heterocycles. The van der Waals surface area contributed by atoms with E-state index in [2.05, 4.69) is 23.6 Å². The summed E-state index contributed by atoms with van der Waals surface area (Å²) < 4.78 is 436. The van der Waals surface area contributed by atoms with Gasteiger partial charge in [-0.15, -0.1) is 0 Å². The van der Waals surface area contributed by atoms with Crippen LogP contribution in [-0.4, -0.2) is 181 Å². The van der Waals surface area contributed by atoms with Gasteiger partial charge in [0, 0.05) is 160 Å². The lowest BCUT2D eigenvalue weighted by Gasteiger charge is -2.35. The molecule has 0 amide bonds. The molecule has 6 aliphatic rings. The van der Waals surface area contributed by atoms with Gasteiger partial charge in [-0.3, -0.25) is 29.4 Å². The summed E-state index contributed by atoms with van der Waals surface area (Å²) in [5.74, 6) is -3.69. The van der Waals surface area contributed by atoms with Crippen molar-refractivity contribution in [1.82, 2.24) is 29.4 Å². The third kappa shape index (κ3) is 33.1. The summed E-state index contributed by atoms with van der Waals surface area (Å²) in [7, 11) is 0. The minimum atomic E-state index is -3.82. The Bertz CT molecular complexity index is 6090. The van der Waals surface area contributed by atoms with Gasteiger partial charge < -0.3 is 28.4 Å². The summed E-state index contributed by atoms with van der Waals surface area (Å²) >= 11 is 0. The highest BCUT2D eigenvalue weighted by Gasteiger charge is 2.32. The van der Waals surface area contributed by atoms with E-state index in [4.69, 9.17) is 81.9 Å². The molecule has 0 radical (unpaired) electrons. The number of halogens is 6. The van der Waals surface area contributed by atoms with Crippen LogP contribution in [0.15, 0.2) is 109 Å². The van der Waals surface area contributed by atoms with Crippen molar-refractivity contribution >= 4 is 0 Å². The smallest absolute Gasteiger partial charge is 0.131 e. The topological polar surface area (TPSA) is 74.8 Å². The first kappa shape index (κ1) is 57.9. The van der Waals surface area contributed by atoms with Gasteiger partial charge in [0.1, 0.15) is 34.9 Å². The lowest BCUT2D eigenvalue weighted by molar-refractivity contribution is -0.0709. The van der Waals surface area contributed by atoms with Crippen LogP contribution in [0.2, 0.25) is 0 Å². The Kier molecular flexibility index (Phi) is 21.3. The zero-order valence-corrected chi connectivity index (χ0v) is 75.2. The number of hydrogen-bond acceptors (Lipinski definition) is 12. The maximum absolute atomic E-state index is 14.9. The molecular weight excluding hydrogens is 1520 g/mol. The highest BCUT2D eigenvalue weighted by molar-refractivity contribution is 5.36. The number of ether oxygens (including phenoxy) is 6. The molecule has 18 heteroatoms. The van der Waals surface area contributed by atoms with Crippen molar-refractivity contribution < 1.29 is 108 Å². The fourth-order valence-corrected chi connectivity index (χ4v) is 13.7. The zero-order chi connectivity index (χ0) is 124. The van der Waals surface area contributed by atoms with Gasteiger partial charge in [0.05, 0.1) is 89.6 Å².